The number of methoxy groups -OCH3 is 1. The summed E-state index contributed by atoms with van der Waals surface area (Å²) in [4.78, 5) is 25.0. The summed E-state index contributed by atoms with van der Waals surface area (Å²) in [6.07, 6.45) is 0. The molecule has 0 bridgehead atoms. The van der Waals surface area contributed by atoms with E-state index in [2.05, 4.69) is 20.8 Å². The highest BCUT2D eigenvalue weighted by atomic mass is 35.5. The molecule has 0 aliphatic carbocycles. The zero-order valence-electron chi connectivity index (χ0n) is 16.8. The van der Waals surface area contributed by atoms with Crippen LogP contribution in [0.5, 0.6) is 5.75 Å². The molecule has 3 aromatic carbocycles. The quantitative estimate of drug-likeness (QED) is 0.434. The van der Waals surface area contributed by atoms with E-state index in [-0.39, 0.29) is 17.8 Å². The van der Waals surface area contributed by atoms with Crippen LogP contribution in [-0.4, -0.2) is 29.1 Å². The van der Waals surface area contributed by atoms with E-state index in [1.54, 1.807) is 79.9 Å². The zero-order chi connectivity index (χ0) is 22.5. The lowest BCUT2D eigenvalue weighted by atomic mass is 10.1. The molecule has 0 fully saturated rings. The van der Waals surface area contributed by atoms with Gasteiger partial charge in [0.2, 0.25) is 5.89 Å². The summed E-state index contributed by atoms with van der Waals surface area (Å²) < 4.78 is 10.6. The molecule has 1 aromatic heterocycles. The molecule has 9 heteroatoms. The molecule has 8 nitrogen and oxygen atoms in total. The molecule has 0 spiro atoms. The van der Waals surface area contributed by atoms with Gasteiger partial charge >= 0.3 is 6.01 Å². The first-order valence-electron chi connectivity index (χ1n) is 9.48. The van der Waals surface area contributed by atoms with Gasteiger partial charge in [0.1, 0.15) is 5.75 Å². The maximum Gasteiger partial charge on any atom is 0.322 e. The second kappa shape index (κ2) is 9.32. The Morgan fingerprint density at radius 3 is 2.31 bits per heavy atom. The number of hydrogen-bond donors (Lipinski definition) is 2. The number of nitrogens with zero attached hydrogens (tertiary/aromatic N) is 2. The van der Waals surface area contributed by atoms with Crippen molar-refractivity contribution in [1.82, 2.24) is 10.2 Å². The van der Waals surface area contributed by atoms with Crippen LogP contribution in [0.4, 0.5) is 11.7 Å². The molecule has 4 aromatic rings. The Balaban J connectivity index is 1.43. The molecule has 2 N–H and O–H groups in total. The van der Waals surface area contributed by atoms with Crippen LogP contribution in [0.3, 0.4) is 0 Å². The number of halogens is 1. The molecule has 160 valence electrons. The van der Waals surface area contributed by atoms with Crippen LogP contribution in [0, 0.1) is 0 Å². The molecular formula is C23H17ClN4O4. The minimum atomic E-state index is -0.461. The minimum Gasteiger partial charge on any atom is -0.497 e. The fourth-order valence-electron chi connectivity index (χ4n) is 2.84. The van der Waals surface area contributed by atoms with E-state index in [1.165, 1.54) is 0 Å². The average molecular weight is 449 g/mol. The van der Waals surface area contributed by atoms with E-state index in [0.29, 0.717) is 33.1 Å². The van der Waals surface area contributed by atoms with Crippen molar-refractivity contribution in [2.45, 2.75) is 0 Å². The number of hydrogen-bond acceptors (Lipinski definition) is 6. The molecule has 0 unspecified atom stereocenters. The van der Waals surface area contributed by atoms with Crippen LogP contribution in [0.2, 0.25) is 5.02 Å². The Hall–Kier alpha value is -4.17. The zero-order valence-corrected chi connectivity index (χ0v) is 17.6. The van der Waals surface area contributed by atoms with Crippen LogP contribution in [0.15, 0.2) is 77.2 Å². The van der Waals surface area contributed by atoms with Gasteiger partial charge in [-0.3, -0.25) is 14.9 Å². The SMILES string of the molecule is COc1ccc(-c2nnc(NC(=O)c3cccc(NC(=O)c4ccc(Cl)cc4)c3)o2)cc1. The van der Waals surface area contributed by atoms with E-state index < -0.39 is 5.91 Å². The topological polar surface area (TPSA) is 106 Å². The average Bonchev–Trinajstić information content (AvgIpc) is 3.28. The van der Waals surface area contributed by atoms with Crippen molar-refractivity contribution in [3.05, 3.63) is 88.9 Å². The number of benzene rings is 3. The fourth-order valence-corrected chi connectivity index (χ4v) is 2.96. The number of rotatable bonds is 6. The van der Waals surface area contributed by atoms with Crippen LogP contribution >= 0.6 is 11.6 Å². The Bertz CT molecular complexity index is 1250. The van der Waals surface area contributed by atoms with Gasteiger partial charge in [0, 0.05) is 27.4 Å². The van der Waals surface area contributed by atoms with E-state index in [9.17, 15) is 9.59 Å². The van der Waals surface area contributed by atoms with Gasteiger partial charge in [-0.05, 0) is 66.7 Å². The van der Waals surface area contributed by atoms with Gasteiger partial charge < -0.3 is 14.5 Å². The lowest BCUT2D eigenvalue weighted by Crippen LogP contribution is -2.14. The Kier molecular flexibility index (Phi) is 6.14. The number of anilines is 2. The standard InChI is InChI=1S/C23H17ClN4O4/c1-31-19-11-7-15(8-12-19)22-27-28-23(32-22)26-21(30)16-3-2-4-18(13-16)25-20(29)14-5-9-17(24)10-6-14/h2-13H,1H3,(H,25,29)(H,26,28,30). The minimum absolute atomic E-state index is 0.0450. The third kappa shape index (κ3) is 4.93. The van der Waals surface area contributed by atoms with Crippen molar-refractivity contribution in [2.24, 2.45) is 0 Å². The molecule has 0 atom stereocenters. The second-order valence-corrected chi connectivity index (χ2v) is 7.07. The van der Waals surface area contributed by atoms with E-state index in [1.807, 2.05) is 0 Å². The summed E-state index contributed by atoms with van der Waals surface area (Å²) in [5.41, 5.74) is 1.90. The van der Waals surface area contributed by atoms with Crippen molar-refractivity contribution in [3.8, 4) is 17.2 Å². The third-order valence-corrected chi connectivity index (χ3v) is 4.72. The van der Waals surface area contributed by atoms with E-state index in [4.69, 9.17) is 20.8 Å². The summed E-state index contributed by atoms with van der Waals surface area (Å²) in [6.45, 7) is 0. The first-order chi connectivity index (χ1) is 15.5. The second-order valence-electron chi connectivity index (χ2n) is 6.64. The van der Waals surface area contributed by atoms with E-state index >= 15 is 0 Å². The van der Waals surface area contributed by atoms with Crippen LogP contribution in [-0.2, 0) is 0 Å². The van der Waals surface area contributed by atoms with Gasteiger partial charge in [-0.2, -0.15) is 0 Å². The molecule has 0 saturated heterocycles. The third-order valence-electron chi connectivity index (χ3n) is 4.47. The monoisotopic (exact) mass is 448 g/mol. The highest BCUT2D eigenvalue weighted by Crippen LogP contribution is 2.23. The Morgan fingerprint density at radius 2 is 1.59 bits per heavy atom. The van der Waals surface area contributed by atoms with Crippen molar-refractivity contribution >= 4 is 35.1 Å². The molecular weight excluding hydrogens is 432 g/mol. The fraction of sp³-hybridized carbons (Fsp3) is 0.0435. The number of amides is 2. The maximum absolute atomic E-state index is 12.6. The molecule has 2 amide bonds. The first kappa shape index (κ1) is 21.1. The summed E-state index contributed by atoms with van der Waals surface area (Å²) in [7, 11) is 1.58. The molecule has 4 rings (SSSR count). The molecule has 32 heavy (non-hydrogen) atoms. The largest absolute Gasteiger partial charge is 0.497 e. The highest BCUT2D eigenvalue weighted by Gasteiger charge is 2.14. The number of aromatic nitrogens is 2. The summed E-state index contributed by atoms with van der Waals surface area (Å²) >= 11 is 5.85. The molecule has 0 aliphatic rings. The van der Waals surface area contributed by atoms with Crippen LogP contribution in [0.1, 0.15) is 20.7 Å². The van der Waals surface area contributed by atoms with Crippen molar-refractivity contribution in [3.63, 3.8) is 0 Å². The molecule has 0 aliphatic heterocycles. The van der Waals surface area contributed by atoms with Gasteiger partial charge in [-0.15, -0.1) is 5.10 Å². The predicted octanol–water partition coefficient (Wildman–Crippen LogP) is 4.90. The van der Waals surface area contributed by atoms with Crippen molar-refractivity contribution in [1.29, 1.82) is 0 Å². The number of nitrogens with one attached hydrogen (secondary N) is 2. The van der Waals surface area contributed by atoms with Gasteiger partial charge in [-0.1, -0.05) is 22.8 Å². The molecule has 0 radical (unpaired) electrons. The number of ether oxygens (including phenoxy) is 1. The van der Waals surface area contributed by atoms with Gasteiger partial charge in [-0.25, -0.2) is 0 Å². The van der Waals surface area contributed by atoms with Gasteiger partial charge in [0.05, 0.1) is 7.11 Å². The lowest BCUT2D eigenvalue weighted by Gasteiger charge is -2.07. The normalized spacial score (nSPS) is 10.4. The van der Waals surface area contributed by atoms with Crippen molar-refractivity contribution in [2.75, 3.05) is 17.7 Å². The first-order valence-corrected chi connectivity index (χ1v) is 9.86. The predicted molar refractivity (Wildman–Crippen MR) is 120 cm³/mol. The summed E-state index contributed by atoms with van der Waals surface area (Å²) in [5, 5.41) is 13.6. The van der Waals surface area contributed by atoms with Crippen LogP contribution < -0.4 is 15.4 Å². The highest BCUT2D eigenvalue weighted by molar-refractivity contribution is 6.30. The van der Waals surface area contributed by atoms with Crippen LogP contribution in [0.25, 0.3) is 11.5 Å². The Labute approximate surface area is 188 Å². The van der Waals surface area contributed by atoms with Gasteiger partial charge in [0.15, 0.2) is 0 Å². The number of carbonyl (C=O) groups is 2. The summed E-state index contributed by atoms with van der Waals surface area (Å²) in [6, 6.07) is 20.0. The maximum atomic E-state index is 12.6. The number of carbonyl (C=O) groups excluding carboxylic acids is 2. The lowest BCUT2D eigenvalue weighted by molar-refractivity contribution is 0.101. The smallest absolute Gasteiger partial charge is 0.322 e. The van der Waals surface area contributed by atoms with E-state index in [0.717, 1.165) is 0 Å². The molecule has 1 heterocycles. The molecule has 0 saturated carbocycles. The summed E-state index contributed by atoms with van der Waals surface area (Å²) in [5.74, 6) is 0.176. The van der Waals surface area contributed by atoms with Crippen molar-refractivity contribution < 1.29 is 18.7 Å². The Morgan fingerprint density at radius 1 is 0.875 bits per heavy atom. The van der Waals surface area contributed by atoms with Gasteiger partial charge in [0.25, 0.3) is 11.8 Å².